The fourth-order valence-corrected chi connectivity index (χ4v) is 6.51. The second-order valence-electron chi connectivity index (χ2n) is 10.8. The van der Waals surface area contributed by atoms with Gasteiger partial charge in [0, 0.05) is 37.7 Å². The summed E-state index contributed by atoms with van der Waals surface area (Å²) in [5.74, 6) is 1.28. The Morgan fingerprint density at radius 2 is 1.74 bits per heavy atom. The summed E-state index contributed by atoms with van der Waals surface area (Å²) in [6, 6.07) is 19.2. The van der Waals surface area contributed by atoms with E-state index in [0.29, 0.717) is 12.5 Å². The van der Waals surface area contributed by atoms with E-state index >= 15 is 0 Å². The molecule has 0 N–H and O–H groups in total. The van der Waals surface area contributed by atoms with E-state index in [1.165, 1.54) is 5.56 Å². The summed E-state index contributed by atoms with van der Waals surface area (Å²) in [6.45, 7) is 3.82. The molecule has 35 heavy (non-hydrogen) atoms. The highest BCUT2D eigenvalue weighted by Gasteiger charge is 2.54. The molecule has 1 saturated carbocycles. The van der Waals surface area contributed by atoms with E-state index in [0.717, 1.165) is 69.7 Å². The predicted octanol–water partition coefficient (Wildman–Crippen LogP) is 4.74. The van der Waals surface area contributed by atoms with Gasteiger partial charge < -0.3 is 19.3 Å². The van der Waals surface area contributed by atoms with Crippen molar-refractivity contribution in [2.75, 3.05) is 47.5 Å². The van der Waals surface area contributed by atoms with Crippen LogP contribution in [0.4, 0.5) is 4.79 Å². The first-order chi connectivity index (χ1) is 17.0. The Morgan fingerprint density at radius 3 is 2.34 bits per heavy atom. The number of ether oxygens (including phenoxy) is 2. The van der Waals surface area contributed by atoms with Gasteiger partial charge in [-0.25, -0.2) is 4.79 Å². The molecular formula is C29H39N3O3. The summed E-state index contributed by atoms with van der Waals surface area (Å²) < 4.78 is 11.0. The third-order valence-electron chi connectivity index (χ3n) is 8.73. The standard InChI is InChI=1S/C29H39N3O3/c1-30(2)29(25-7-5-4-6-8-25)16-14-28(15-17-29)22-31(19-23-9-11-26(34-3)12-10-23)27(33)32(28)20-24-13-18-35-21-24/h4-12,24H,13-22H2,1-3H3. The normalized spacial score (nSPS) is 28.9. The number of benzene rings is 2. The molecule has 2 aliphatic heterocycles. The largest absolute Gasteiger partial charge is 0.497 e. The Labute approximate surface area is 209 Å². The molecular weight excluding hydrogens is 438 g/mol. The minimum absolute atomic E-state index is 0.0150. The lowest BCUT2D eigenvalue weighted by Crippen LogP contribution is -2.56. The summed E-state index contributed by atoms with van der Waals surface area (Å²) >= 11 is 0. The van der Waals surface area contributed by atoms with Crippen LogP contribution in [-0.4, -0.2) is 73.8 Å². The molecule has 2 amide bonds. The lowest BCUT2D eigenvalue weighted by atomic mass is 9.68. The highest BCUT2D eigenvalue weighted by molar-refractivity contribution is 5.78. The molecule has 0 bridgehead atoms. The zero-order valence-corrected chi connectivity index (χ0v) is 21.4. The van der Waals surface area contributed by atoms with Crippen LogP contribution in [-0.2, 0) is 16.8 Å². The fourth-order valence-electron chi connectivity index (χ4n) is 6.51. The Morgan fingerprint density at radius 1 is 1.03 bits per heavy atom. The first-order valence-corrected chi connectivity index (χ1v) is 13.0. The Kier molecular flexibility index (Phi) is 6.78. The maximum atomic E-state index is 13.8. The highest BCUT2D eigenvalue weighted by Crippen LogP contribution is 2.49. The minimum Gasteiger partial charge on any atom is -0.497 e. The highest BCUT2D eigenvalue weighted by atomic mass is 16.5. The van der Waals surface area contributed by atoms with Crippen molar-refractivity contribution in [1.82, 2.24) is 14.7 Å². The van der Waals surface area contributed by atoms with Gasteiger partial charge >= 0.3 is 6.03 Å². The van der Waals surface area contributed by atoms with Crippen molar-refractivity contribution < 1.29 is 14.3 Å². The van der Waals surface area contributed by atoms with Gasteiger partial charge in [0.15, 0.2) is 0 Å². The van der Waals surface area contributed by atoms with E-state index < -0.39 is 0 Å². The Bertz CT molecular complexity index is 994. The second-order valence-corrected chi connectivity index (χ2v) is 10.8. The molecule has 2 aromatic rings. The molecule has 1 aliphatic carbocycles. The second kappa shape index (κ2) is 9.82. The van der Waals surface area contributed by atoms with E-state index in [2.05, 4.69) is 71.3 Å². The van der Waals surface area contributed by atoms with Gasteiger partial charge in [0.25, 0.3) is 0 Å². The smallest absolute Gasteiger partial charge is 0.320 e. The van der Waals surface area contributed by atoms with Crippen molar-refractivity contribution in [3.63, 3.8) is 0 Å². The number of rotatable bonds is 7. The molecule has 3 fully saturated rings. The molecule has 2 heterocycles. The van der Waals surface area contributed by atoms with Crippen LogP contribution in [0.5, 0.6) is 5.75 Å². The van der Waals surface area contributed by atoms with Crippen molar-refractivity contribution in [3.8, 4) is 5.75 Å². The number of methoxy groups -OCH3 is 1. The SMILES string of the molecule is COc1ccc(CN2CC3(CCC(c4ccccc4)(N(C)C)CC3)N(CC3CCOC3)C2=O)cc1. The predicted molar refractivity (Wildman–Crippen MR) is 137 cm³/mol. The molecule has 1 atom stereocenters. The zero-order chi connectivity index (χ0) is 24.5. The van der Waals surface area contributed by atoms with Crippen LogP contribution >= 0.6 is 0 Å². The number of hydrogen-bond acceptors (Lipinski definition) is 4. The van der Waals surface area contributed by atoms with Gasteiger partial charge in [0.2, 0.25) is 0 Å². The van der Waals surface area contributed by atoms with Gasteiger partial charge in [0.1, 0.15) is 5.75 Å². The number of carbonyl (C=O) groups excluding carboxylic acids is 1. The van der Waals surface area contributed by atoms with E-state index in [9.17, 15) is 4.79 Å². The van der Waals surface area contributed by atoms with Gasteiger partial charge in [-0.2, -0.15) is 0 Å². The van der Waals surface area contributed by atoms with Crippen LogP contribution in [0.2, 0.25) is 0 Å². The van der Waals surface area contributed by atoms with Crippen LogP contribution in [0.1, 0.15) is 43.2 Å². The van der Waals surface area contributed by atoms with Gasteiger partial charge in [0.05, 0.1) is 19.3 Å². The van der Waals surface area contributed by atoms with Crippen LogP contribution < -0.4 is 4.74 Å². The third kappa shape index (κ3) is 4.54. The molecule has 3 aliphatic rings. The van der Waals surface area contributed by atoms with Crippen molar-refractivity contribution in [2.45, 2.75) is 49.7 Å². The van der Waals surface area contributed by atoms with Crippen LogP contribution in [0.25, 0.3) is 0 Å². The van der Waals surface area contributed by atoms with Gasteiger partial charge in [-0.15, -0.1) is 0 Å². The maximum absolute atomic E-state index is 13.8. The topological polar surface area (TPSA) is 45.2 Å². The molecule has 5 rings (SSSR count). The maximum Gasteiger partial charge on any atom is 0.320 e. The molecule has 6 nitrogen and oxygen atoms in total. The molecule has 0 radical (unpaired) electrons. The molecule has 6 heteroatoms. The van der Waals surface area contributed by atoms with E-state index in [-0.39, 0.29) is 17.1 Å². The van der Waals surface area contributed by atoms with Crippen molar-refractivity contribution in [1.29, 1.82) is 0 Å². The van der Waals surface area contributed by atoms with E-state index in [1.54, 1.807) is 7.11 Å². The van der Waals surface area contributed by atoms with Crippen LogP contribution in [0.3, 0.4) is 0 Å². The van der Waals surface area contributed by atoms with E-state index in [1.807, 2.05) is 12.1 Å². The van der Waals surface area contributed by atoms with Gasteiger partial charge in [-0.1, -0.05) is 42.5 Å². The average molecular weight is 478 g/mol. The molecule has 2 aromatic carbocycles. The molecule has 188 valence electrons. The Hall–Kier alpha value is -2.57. The Balaban J connectivity index is 1.39. The van der Waals surface area contributed by atoms with Crippen molar-refractivity contribution in [3.05, 3.63) is 65.7 Å². The summed E-state index contributed by atoms with van der Waals surface area (Å²) in [5, 5.41) is 0. The van der Waals surface area contributed by atoms with Gasteiger partial charge in [-0.05, 0) is 69.5 Å². The van der Waals surface area contributed by atoms with Crippen LogP contribution in [0, 0.1) is 5.92 Å². The summed E-state index contributed by atoms with van der Waals surface area (Å²) in [6.07, 6.45) is 5.16. The zero-order valence-electron chi connectivity index (χ0n) is 21.4. The first kappa shape index (κ1) is 24.1. The number of urea groups is 1. The van der Waals surface area contributed by atoms with E-state index in [4.69, 9.17) is 9.47 Å². The third-order valence-corrected chi connectivity index (χ3v) is 8.73. The lowest BCUT2D eigenvalue weighted by Gasteiger charge is -2.51. The average Bonchev–Trinajstić information content (AvgIpc) is 3.49. The monoisotopic (exact) mass is 477 g/mol. The number of nitrogens with zero attached hydrogens (tertiary/aromatic N) is 3. The first-order valence-electron chi connectivity index (χ1n) is 13.0. The number of carbonyl (C=O) groups is 1. The summed E-state index contributed by atoms with van der Waals surface area (Å²) in [5.41, 5.74) is 2.43. The quantitative estimate of drug-likeness (QED) is 0.578. The summed E-state index contributed by atoms with van der Waals surface area (Å²) in [4.78, 5) is 20.5. The summed E-state index contributed by atoms with van der Waals surface area (Å²) in [7, 11) is 6.09. The number of hydrogen-bond donors (Lipinski definition) is 0. The van der Waals surface area contributed by atoms with Crippen molar-refractivity contribution >= 4 is 6.03 Å². The van der Waals surface area contributed by atoms with Crippen LogP contribution in [0.15, 0.2) is 54.6 Å². The van der Waals surface area contributed by atoms with Gasteiger partial charge in [-0.3, -0.25) is 4.90 Å². The minimum atomic E-state index is -0.111. The van der Waals surface area contributed by atoms with Crippen molar-refractivity contribution in [2.24, 2.45) is 5.92 Å². The molecule has 1 unspecified atom stereocenters. The fraction of sp³-hybridized carbons (Fsp3) is 0.552. The molecule has 0 aromatic heterocycles. The lowest BCUT2D eigenvalue weighted by molar-refractivity contribution is 0.0195. The molecule has 2 saturated heterocycles. The molecule has 1 spiro atoms. The number of amides is 2.